The van der Waals surface area contributed by atoms with Gasteiger partial charge in [-0.05, 0) is 89.9 Å². The lowest BCUT2D eigenvalue weighted by Gasteiger charge is -2.18. The van der Waals surface area contributed by atoms with Crippen LogP contribution in [-0.4, -0.2) is 37.2 Å². The highest BCUT2D eigenvalue weighted by Crippen LogP contribution is 2.18. The van der Waals surface area contributed by atoms with Crippen molar-refractivity contribution in [2.45, 2.75) is 380 Å². The third-order valence-corrected chi connectivity index (χ3v) is 15.9. The molecule has 82 heavy (non-hydrogen) atoms. The van der Waals surface area contributed by atoms with E-state index in [9.17, 15) is 14.4 Å². The van der Waals surface area contributed by atoms with Gasteiger partial charge in [0.05, 0.1) is 0 Å². The van der Waals surface area contributed by atoms with Crippen LogP contribution < -0.4 is 0 Å². The molecule has 1 unspecified atom stereocenters. The topological polar surface area (TPSA) is 78.9 Å². The van der Waals surface area contributed by atoms with Gasteiger partial charge in [-0.1, -0.05) is 338 Å². The highest BCUT2D eigenvalue weighted by molar-refractivity contribution is 5.71. The Morgan fingerprint density at radius 1 is 0.256 bits per heavy atom. The lowest BCUT2D eigenvalue weighted by Crippen LogP contribution is -2.30. The minimum atomic E-state index is -0.794. The molecule has 0 spiro atoms. The normalized spacial score (nSPS) is 12.5. The zero-order chi connectivity index (χ0) is 59.2. The Kier molecular flexibility index (Phi) is 67.6. The zero-order valence-electron chi connectivity index (χ0n) is 54.8. The van der Waals surface area contributed by atoms with E-state index in [1.54, 1.807) is 0 Å². The first-order valence-corrected chi connectivity index (χ1v) is 35.9. The molecule has 0 bridgehead atoms. The standard InChI is InChI=1S/C76H136O6/c1-4-7-10-13-16-19-22-25-28-30-32-34-36-37-38-40-41-43-45-48-51-54-57-60-63-66-69-75(78)81-72-73(71-80-74(77)68-65-62-59-56-53-50-47-27-24-21-18-15-12-9-6-3)82-76(79)70-67-64-61-58-55-52-49-46-44-42-39-35-33-31-29-26-23-20-17-14-11-8-5-2/h9,12,18,21,23,26-27,31,33,47,53,56,73H,4-8,10-11,13-17,19-20,22,24-25,28-30,32,34-46,48-52,54-55,57-72H2,1-3H3/b12-9-,21-18-,26-23-,33-31-,47-27-,56-53-. The molecule has 0 aromatic heterocycles. The lowest BCUT2D eigenvalue weighted by atomic mass is 10.0. The maximum absolute atomic E-state index is 13.0. The Bertz CT molecular complexity index is 1500. The van der Waals surface area contributed by atoms with Crippen LogP contribution in [0.5, 0.6) is 0 Å². The number of unbranched alkanes of at least 4 members (excludes halogenated alkanes) is 43. The minimum Gasteiger partial charge on any atom is -0.462 e. The van der Waals surface area contributed by atoms with E-state index in [4.69, 9.17) is 14.2 Å². The van der Waals surface area contributed by atoms with Gasteiger partial charge in [-0.3, -0.25) is 14.4 Å². The molecule has 0 aliphatic heterocycles. The molecule has 0 saturated carbocycles. The predicted octanol–water partition coefficient (Wildman–Crippen LogP) is 24.8. The van der Waals surface area contributed by atoms with E-state index in [-0.39, 0.29) is 31.1 Å². The average Bonchev–Trinajstić information content (AvgIpc) is 3.47. The van der Waals surface area contributed by atoms with Crippen LogP contribution in [0.25, 0.3) is 0 Å². The smallest absolute Gasteiger partial charge is 0.306 e. The number of rotatable bonds is 66. The first kappa shape index (κ1) is 78.8. The fraction of sp³-hybridized carbons (Fsp3) is 0.803. The van der Waals surface area contributed by atoms with Gasteiger partial charge in [-0.25, -0.2) is 0 Å². The molecular weight excluding hydrogens is 1010 g/mol. The molecule has 6 nitrogen and oxygen atoms in total. The number of esters is 3. The Morgan fingerprint density at radius 3 is 0.768 bits per heavy atom. The first-order chi connectivity index (χ1) is 40.5. The molecule has 476 valence electrons. The van der Waals surface area contributed by atoms with Gasteiger partial charge in [0.25, 0.3) is 0 Å². The molecule has 0 rings (SSSR count). The highest BCUT2D eigenvalue weighted by Gasteiger charge is 2.19. The molecule has 0 N–H and O–H groups in total. The van der Waals surface area contributed by atoms with Crippen LogP contribution in [0.4, 0.5) is 0 Å². The first-order valence-electron chi connectivity index (χ1n) is 35.9. The maximum Gasteiger partial charge on any atom is 0.306 e. The van der Waals surface area contributed by atoms with Crippen LogP contribution in [-0.2, 0) is 28.6 Å². The summed E-state index contributed by atoms with van der Waals surface area (Å²) in [5, 5.41) is 0. The van der Waals surface area contributed by atoms with Gasteiger partial charge in [-0.2, -0.15) is 0 Å². The summed E-state index contributed by atoms with van der Waals surface area (Å²) in [6.45, 7) is 6.54. The summed E-state index contributed by atoms with van der Waals surface area (Å²) in [6.07, 6.45) is 92.3. The van der Waals surface area contributed by atoms with E-state index in [1.807, 2.05) is 0 Å². The van der Waals surface area contributed by atoms with E-state index in [0.717, 1.165) is 89.9 Å². The molecule has 0 fully saturated rings. The van der Waals surface area contributed by atoms with Gasteiger partial charge >= 0.3 is 17.9 Å². The molecule has 1 atom stereocenters. The summed E-state index contributed by atoms with van der Waals surface area (Å²) in [5.74, 6) is -0.910. The molecule has 0 amide bonds. The molecule has 0 heterocycles. The Balaban J connectivity index is 4.30. The van der Waals surface area contributed by atoms with Crippen molar-refractivity contribution in [2.24, 2.45) is 0 Å². The maximum atomic E-state index is 13.0. The number of carbonyl (C=O) groups excluding carboxylic acids is 3. The lowest BCUT2D eigenvalue weighted by molar-refractivity contribution is -0.167. The number of hydrogen-bond donors (Lipinski definition) is 0. The average molecular weight is 1150 g/mol. The van der Waals surface area contributed by atoms with E-state index in [0.29, 0.717) is 19.3 Å². The second kappa shape index (κ2) is 70.3. The summed E-state index contributed by atoms with van der Waals surface area (Å²) >= 11 is 0. The van der Waals surface area contributed by atoms with Crippen molar-refractivity contribution in [1.82, 2.24) is 0 Å². The van der Waals surface area contributed by atoms with Crippen molar-refractivity contribution in [1.29, 1.82) is 0 Å². The molecule has 0 radical (unpaired) electrons. The quantitative estimate of drug-likeness (QED) is 0.0261. The van der Waals surface area contributed by atoms with Crippen molar-refractivity contribution in [3.8, 4) is 0 Å². The number of allylic oxidation sites excluding steroid dienone is 12. The van der Waals surface area contributed by atoms with Gasteiger partial charge in [-0.15, -0.1) is 0 Å². The van der Waals surface area contributed by atoms with Crippen LogP contribution in [0.2, 0.25) is 0 Å². The molecule has 0 aromatic rings. The van der Waals surface area contributed by atoms with Gasteiger partial charge in [0.1, 0.15) is 13.2 Å². The van der Waals surface area contributed by atoms with Crippen molar-refractivity contribution < 1.29 is 28.6 Å². The molecule has 0 saturated heterocycles. The Hall–Kier alpha value is -3.15. The second-order valence-electron chi connectivity index (χ2n) is 24.1. The van der Waals surface area contributed by atoms with E-state index in [2.05, 4.69) is 93.7 Å². The van der Waals surface area contributed by atoms with Crippen molar-refractivity contribution >= 4 is 17.9 Å². The number of hydrogen-bond acceptors (Lipinski definition) is 6. The van der Waals surface area contributed by atoms with Gasteiger partial charge in [0.2, 0.25) is 0 Å². The van der Waals surface area contributed by atoms with Gasteiger partial charge < -0.3 is 14.2 Å². The molecule has 0 aliphatic carbocycles. The van der Waals surface area contributed by atoms with Crippen LogP contribution in [0.1, 0.15) is 374 Å². The zero-order valence-corrected chi connectivity index (χ0v) is 54.8. The summed E-state index contributed by atoms with van der Waals surface area (Å²) in [7, 11) is 0. The monoisotopic (exact) mass is 1150 g/mol. The van der Waals surface area contributed by atoms with E-state index >= 15 is 0 Å². The molecule has 0 aromatic carbocycles. The second-order valence-corrected chi connectivity index (χ2v) is 24.1. The SMILES string of the molecule is CC/C=C\C/C=C\C/C=C\C/C=C\CCCCC(=O)OCC(COC(=O)CCCCCCCCCCCCCCCCCCCCCCCCCCCC)OC(=O)CCCCCCCCCCCCC/C=C\C/C=C\CCCCCCC. The van der Waals surface area contributed by atoms with Crippen LogP contribution in [0.3, 0.4) is 0 Å². The fourth-order valence-electron chi connectivity index (χ4n) is 10.6. The predicted molar refractivity (Wildman–Crippen MR) is 358 cm³/mol. The molecule has 0 aliphatic rings. The fourth-order valence-corrected chi connectivity index (χ4v) is 10.6. The summed E-state index contributed by atoms with van der Waals surface area (Å²) < 4.78 is 17.0. The van der Waals surface area contributed by atoms with Gasteiger partial charge in [0.15, 0.2) is 6.10 Å². The minimum absolute atomic E-state index is 0.0859. The number of carbonyl (C=O) groups is 3. The van der Waals surface area contributed by atoms with Crippen LogP contribution in [0.15, 0.2) is 72.9 Å². The van der Waals surface area contributed by atoms with Gasteiger partial charge in [0, 0.05) is 19.3 Å². The Morgan fingerprint density at radius 2 is 0.476 bits per heavy atom. The molecule has 6 heteroatoms. The largest absolute Gasteiger partial charge is 0.462 e. The number of ether oxygens (including phenoxy) is 3. The summed E-state index contributed by atoms with van der Waals surface area (Å²) in [5.41, 5.74) is 0. The van der Waals surface area contributed by atoms with Crippen LogP contribution >= 0.6 is 0 Å². The molecular formula is C76H136O6. The highest BCUT2D eigenvalue weighted by atomic mass is 16.6. The van der Waals surface area contributed by atoms with Crippen molar-refractivity contribution in [2.75, 3.05) is 13.2 Å². The summed E-state index contributed by atoms with van der Waals surface area (Å²) in [4.78, 5) is 38.4. The van der Waals surface area contributed by atoms with Crippen LogP contribution in [0, 0.1) is 0 Å². The van der Waals surface area contributed by atoms with Crippen molar-refractivity contribution in [3.63, 3.8) is 0 Å². The Labute approximate surface area is 510 Å². The summed E-state index contributed by atoms with van der Waals surface area (Å²) in [6, 6.07) is 0. The van der Waals surface area contributed by atoms with Crippen molar-refractivity contribution in [3.05, 3.63) is 72.9 Å². The third-order valence-electron chi connectivity index (χ3n) is 15.9. The van der Waals surface area contributed by atoms with E-state index < -0.39 is 6.10 Å². The third kappa shape index (κ3) is 67.6. The van der Waals surface area contributed by atoms with E-state index in [1.165, 1.54) is 244 Å².